The Morgan fingerprint density at radius 1 is 1.06 bits per heavy atom. The third-order valence-corrected chi connectivity index (χ3v) is 8.85. The average molecular weight is 512 g/mol. The first-order valence-electron chi connectivity index (χ1n) is 12.5. The van der Waals surface area contributed by atoms with E-state index in [2.05, 4.69) is 34.5 Å². The molecule has 36 heavy (non-hydrogen) atoms. The molecule has 10 heteroatoms. The van der Waals surface area contributed by atoms with Crippen LogP contribution in [0.15, 0.2) is 30.6 Å². The Hall–Kier alpha value is -2.65. The van der Waals surface area contributed by atoms with Crippen molar-refractivity contribution in [1.29, 1.82) is 0 Å². The van der Waals surface area contributed by atoms with E-state index in [0.29, 0.717) is 24.0 Å². The number of hydrogen-bond donors (Lipinski definition) is 0. The molecular formula is C26H28ClF2N7. The highest BCUT2D eigenvalue weighted by Crippen LogP contribution is 2.57. The molecule has 3 fully saturated rings. The van der Waals surface area contributed by atoms with Crippen molar-refractivity contribution in [2.45, 2.75) is 70.0 Å². The minimum Gasteiger partial charge on any atom is -0.354 e. The summed E-state index contributed by atoms with van der Waals surface area (Å²) in [6.07, 6.45) is 5.45. The monoisotopic (exact) mass is 511 g/mol. The van der Waals surface area contributed by atoms with Crippen molar-refractivity contribution in [3.8, 4) is 5.69 Å². The van der Waals surface area contributed by atoms with Gasteiger partial charge in [-0.05, 0) is 50.5 Å². The molecule has 2 saturated carbocycles. The van der Waals surface area contributed by atoms with Crippen molar-refractivity contribution in [3.63, 3.8) is 0 Å². The predicted octanol–water partition coefficient (Wildman–Crippen LogP) is 4.91. The predicted molar refractivity (Wildman–Crippen MR) is 132 cm³/mol. The van der Waals surface area contributed by atoms with Crippen LogP contribution in [0.2, 0.25) is 5.02 Å². The minimum absolute atomic E-state index is 0.135. The van der Waals surface area contributed by atoms with Gasteiger partial charge in [0, 0.05) is 60.6 Å². The smallest absolute Gasteiger partial charge is 0.251 e. The summed E-state index contributed by atoms with van der Waals surface area (Å²) < 4.78 is 29.9. The summed E-state index contributed by atoms with van der Waals surface area (Å²) in [6, 6.07) is 5.86. The van der Waals surface area contributed by atoms with E-state index in [1.54, 1.807) is 6.20 Å². The fourth-order valence-electron chi connectivity index (χ4n) is 6.91. The lowest BCUT2D eigenvalue weighted by atomic mass is 9.57. The van der Waals surface area contributed by atoms with E-state index < -0.39 is 11.5 Å². The van der Waals surface area contributed by atoms with E-state index >= 15 is 0 Å². The molecule has 4 heterocycles. The van der Waals surface area contributed by atoms with E-state index in [-0.39, 0.29) is 18.3 Å². The van der Waals surface area contributed by atoms with Crippen LogP contribution in [0.5, 0.6) is 0 Å². The Morgan fingerprint density at radius 2 is 1.83 bits per heavy atom. The fourth-order valence-corrected chi connectivity index (χ4v) is 7.11. The van der Waals surface area contributed by atoms with Crippen LogP contribution in [0.4, 0.5) is 14.6 Å². The summed E-state index contributed by atoms with van der Waals surface area (Å²) in [5.74, 6) is 0.447. The molecule has 188 valence electrons. The number of fused-ring (bicyclic) bond motifs is 3. The van der Waals surface area contributed by atoms with Crippen LogP contribution >= 0.6 is 11.6 Å². The van der Waals surface area contributed by atoms with Gasteiger partial charge in [0.2, 0.25) is 0 Å². The zero-order valence-corrected chi connectivity index (χ0v) is 21.1. The molecule has 0 unspecified atom stereocenters. The maximum Gasteiger partial charge on any atom is 0.251 e. The number of aryl methyl sites for hydroxylation is 1. The molecule has 4 aliphatic rings. The number of rotatable bonds is 3. The van der Waals surface area contributed by atoms with E-state index in [9.17, 15) is 8.78 Å². The fraction of sp³-hybridized carbons (Fsp3) is 0.538. The summed E-state index contributed by atoms with van der Waals surface area (Å²) in [4.78, 5) is 13.3. The molecule has 0 radical (unpaired) electrons. The van der Waals surface area contributed by atoms with Crippen LogP contribution < -0.4 is 4.90 Å². The van der Waals surface area contributed by atoms with Crippen molar-refractivity contribution in [2.75, 3.05) is 18.0 Å². The number of halogens is 3. The molecule has 2 aliphatic heterocycles. The lowest BCUT2D eigenvalue weighted by Crippen LogP contribution is -2.62. The molecule has 1 spiro atoms. The van der Waals surface area contributed by atoms with Crippen LogP contribution in [0.25, 0.3) is 5.69 Å². The topological polar surface area (TPSA) is 63.0 Å². The number of nitrogens with zero attached hydrogens (tertiary/aromatic N) is 7. The molecule has 3 aromatic rings. The normalized spacial score (nSPS) is 23.8. The number of hydrogen-bond acceptors (Lipinski definition) is 6. The average Bonchev–Trinajstić information content (AvgIpc) is 3.05. The van der Waals surface area contributed by atoms with Gasteiger partial charge in [0.05, 0.1) is 24.1 Å². The molecule has 7 nitrogen and oxygen atoms in total. The first-order valence-corrected chi connectivity index (χ1v) is 12.9. The summed E-state index contributed by atoms with van der Waals surface area (Å²) in [5.41, 5.74) is 2.68. The summed E-state index contributed by atoms with van der Waals surface area (Å²) in [7, 11) is 0. The second kappa shape index (κ2) is 7.44. The van der Waals surface area contributed by atoms with Crippen LogP contribution in [0, 0.1) is 12.3 Å². The van der Waals surface area contributed by atoms with Crippen LogP contribution in [-0.2, 0) is 13.1 Å². The Kier molecular flexibility index (Phi) is 4.66. The van der Waals surface area contributed by atoms with E-state index in [1.165, 1.54) is 0 Å². The second-order valence-corrected chi connectivity index (χ2v) is 12.1. The maximum atomic E-state index is 13.9. The highest BCUT2D eigenvalue weighted by Gasteiger charge is 2.57. The largest absolute Gasteiger partial charge is 0.354 e. The van der Waals surface area contributed by atoms with E-state index in [1.807, 2.05) is 38.2 Å². The number of benzene rings is 1. The highest BCUT2D eigenvalue weighted by molar-refractivity contribution is 6.30. The molecule has 2 aliphatic carbocycles. The molecular weight excluding hydrogens is 484 g/mol. The Labute approximate surface area is 213 Å². The third-order valence-electron chi connectivity index (χ3n) is 8.62. The molecule has 7 rings (SSSR count). The van der Waals surface area contributed by atoms with Crippen LogP contribution in [-0.4, -0.2) is 54.2 Å². The Balaban J connectivity index is 1.15. The van der Waals surface area contributed by atoms with Crippen molar-refractivity contribution >= 4 is 17.4 Å². The van der Waals surface area contributed by atoms with Gasteiger partial charge in [-0.2, -0.15) is 0 Å². The Morgan fingerprint density at radius 3 is 2.56 bits per heavy atom. The zero-order chi connectivity index (χ0) is 24.9. The van der Waals surface area contributed by atoms with Gasteiger partial charge in [0.15, 0.2) is 5.82 Å². The first kappa shape index (κ1) is 22.5. The Bertz CT molecular complexity index is 1350. The van der Waals surface area contributed by atoms with Gasteiger partial charge in [0.25, 0.3) is 5.92 Å². The van der Waals surface area contributed by atoms with Gasteiger partial charge < -0.3 is 4.90 Å². The summed E-state index contributed by atoms with van der Waals surface area (Å²) in [5, 5.41) is 9.88. The number of alkyl halides is 2. The van der Waals surface area contributed by atoms with Gasteiger partial charge >= 0.3 is 0 Å². The molecule has 1 saturated heterocycles. The molecule has 1 aromatic carbocycles. The molecule has 0 bridgehead atoms. The van der Waals surface area contributed by atoms with Crippen molar-refractivity contribution < 1.29 is 8.78 Å². The standard InChI is InChI=1S/C26H28ClF2N7/c1-16-8-30-9-21(31-16)34-14-25(15-34)6-18(7-25)23-33-32-22-11-35(24(2)12-26(28,29)13-24)10-17-5-19(27)3-4-20(17)36(22)23/h3-5,8-9,18H,6-7,10-15H2,1-2H3. The summed E-state index contributed by atoms with van der Waals surface area (Å²) >= 11 is 6.37. The minimum atomic E-state index is -2.60. The molecule has 0 atom stereocenters. The summed E-state index contributed by atoms with van der Waals surface area (Å²) in [6.45, 7) is 6.91. The van der Waals surface area contributed by atoms with E-state index in [4.69, 9.17) is 11.6 Å². The quantitative estimate of drug-likeness (QED) is 0.498. The van der Waals surface area contributed by atoms with Gasteiger partial charge in [0.1, 0.15) is 11.6 Å². The third kappa shape index (κ3) is 3.46. The van der Waals surface area contributed by atoms with Crippen molar-refractivity contribution in [2.24, 2.45) is 5.41 Å². The first-order chi connectivity index (χ1) is 17.1. The van der Waals surface area contributed by atoms with Crippen LogP contribution in [0.1, 0.15) is 61.4 Å². The lowest BCUT2D eigenvalue weighted by molar-refractivity contribution is -0.173. The SMILES string of the molecule is Cc1cncc(N2CC3(CC(c4nnc5n4-c4ccc(Cl)cc4CN(C4(C)CC(F)(F)C4)C5)C3)C2)n1. The van der Waals surface area contributed by atoms with Crippen LogP contribution in [0.3, 0.4) is 0 Å². The van der Waals surface area contributed by atoms with Gasteiger partial charge in [-0.3, -0.25) is 14.5 Å². The molecule has 2 aromatic heterocycles. The van der Waals surface area contributed by atoms with Gasteiger partial charge in [-0.25, -0.2) is 13.8 Å². The molecule has 0 N–H and O–H groups in total. The van der Waals surface area contributed by atoms with Crippen molar-refractivity contribution in [3.05, 3.63) is 58.5 Å². The zero-order valence-electron chi connectivity index (χ0n) is 20.4. The number of anilines is 1. The second-order valence-electron chi connectivity index (χ2n) is 11.6. The van der Waals surface area contributed by atoms with E-state index in [0.717, 1.165) is 60.3 Å². The lowest BCUT2D eigenvalue weighted by Gasteiger charge is -2.59. The van der Waals surface area contributed by atoms with Gasteiger partial charge in [-0.15, -0.1) is 10.2 Å². The maximum absolute atomic E-state index is 13.9. The van der Waals surface area contributed by atoms with Crippen molar-refractivity contribution in [1.82, 2.24) is 29.6 Å². The molecule has 0 amide bonds. The highest BCUT2D eigenvalue weighted by atomic mass is 35.5. The van der Waals surface area contributed by atoms with Gasteiger partial charge in [-0.1, -0.05) is 11.6 Å². The number of aromatic nitrogens is 5.